The van der Waals surface area contributed by atoms with E-state index in [2.05, 4.69) is 14.2 Å². The zero-order chi connectivity index (χ0) is 13.7. The van der Waals surface area contributed by atoms with E-state index in [1.807, 2.05) is 0 Å². The van der Waals surface area contributed by atoms with E-state index in [0.29, 0.717) is 0 Å². The molecule has 155 valence electrons. The number of hydrogen-bond donors (Lipinski definition) is 1. The van der Waals surface area contributed by atoms with E-state index in [9.17, 15) is 14.4 Å². The molecule has 0 aliphatic carbocycles. The van der Waals surface area contributed by atoms with Crippen molar-refractivity contribution in [1.29, 1.82) is 5.16 Å². The Labute approximate surface area is 167 Å². The molecule has 3 unspecified atom stereocenters. The molecule has 3 atom stereocenters. The molecule has 1 rings (SSSR count). The average Bonchev–Trinajstić information content (AvgIpc) is 3.01. The number of carbonyl (C=O) groups excluding carboxylic acids is 3. The molecular formula is C14H37NO7P2V. The molecule has 1 saturated heterocycles. The first-order valence-corrected chi connectivity index (χ1v) is 8.60. The molecule has 11 heteroatoms. The van der Waals surface area contributed by atoms with Crippen LogP contribution in [0.2, 0.25) is 0 Å². The van der Waals surface area contributed by atoms with Crippen molar-refractivity contribution in [2.75, 3.05) is 19.9 Å². The number of nitrogens with one attached hydrogen (secondary N) is 1. The molecule has 1 N–H and O–H groups in total. The second kappa shape index (κ2) is 21.7. The van der Waals surface area contributed by atoms with Crippen LogP contribution in [0.25, 0.3) is 0 Å². The van der Waals surface area contributed by atoms with Crippen LogP contribution in [0.1, 0.15) is 51.5 Å². The van der Waals surface area contributed by atoms with Crippen LogP contribution in [0, 0.1) is 5.16 Å². The minimum Gasteiger partial charge on any atom is -0.466 e. The number of methoxy groups -OCH3 is 1. The summed E-state index contributed by atoms with van der Waals surface area (Å²) in [7, 11) is -1.27. The molecule has 0 spiro atoms. The van der Waals surface area contributed by atoms with E-state index >= 15 is 0 Å². The average molecular weight is 444 g/mol. The van der Waals surface area contributed by atoms with Crippen molar-refractivity contribution >= 4 is 33.4 Å². The predicted molar refractivity (Wildman–Crippen MR) is 103 cm³/mol. The fourth-order valence-electron chi connectivity index (χ4n) is 0.936. The van der Waals surface area contributed by atoms with Gasteiger partial charge in [0.2, 0.25) is 0 Å². The summed E-state index contributed by atoms with van der Waals surface area (Å²) in [5, 5.41) is 7.18. The summed E-state index contributed by atoms with van der Waals surface area (Å²) in [6.07, 6.45) is -1.01. The monoisotopic (exact) mass is 444 g/mol. The zero-order valence-corrected chi connectivity index (χ0v) is 13.5. The maximum absolute atomic E-state index is 11.2. The SMILES string of the molecule is C.C.C.C.C.C.COC(=O)C(C)OC(=O)COC(=O)CP1O[PH]1=N.[V]. The van der Waals surface area contributed by atoms with Crippen molar-refractivity contribution in [1.82, 2.24) is 0 Å². The van der Waals surface area contributed by atoms with Gasteiger partial charge in [-0.15, -0.1) is 0 Å². The van der Waals surface area contributed by atoms with Gasteiger partial charge in [0.1, 0.15) is 15.5 Å². The number of esters is 3. The Morgan fingerprint density at radius 1 is 1.08 bits per heavy atom. The molecule has 0 aromatic carbocycles. The van der Waals surface area contributed by atoms with Gasteiger partial charge in [0.25, 0.3) is 0 Å². The predicted octanol–water partition coefficient (Wildman–Crippen LogP) is 4.68. The van der Waals surface area contributed by atoms with Crippen molar-refractivity contribution in [2.45, 2.75) is 57.6 Å². The molecule has 0 aromatic rings. The maximum Gasteiger partial charge on any atom is 0.346 e. The van der Waals surface area contributed by atoms with Gasteiger partial charge < -0.3 is 18.5 Å². The molecule has 8 nitrogen and oxygen atoms in total. The Morgan fingerprint density at radius 2 is 1.52 bits per heavy atom. The Morgan fingerprint density at radius 3 is 1.88 bits per heavy atom. The van der Waals surface area contributed by atoms with Crippen molar-refractivity contribution in [3.63, 3.8) is 0 Å². The third-order valence-corrected chi connectivity index (χ3v) is 6.00. The van der Waals surface area contributed by atoms with E-state index in [-0.39, 0.29) is 69.3 Å². The minimum absolute atomic E-state index is 0. The standard InChI is InChI=1S/C8H13NO7P2.6CH4.V/c1-5(8(12)13-2)15-6(10)3-14-7(11)4-17-16-18(17)9;;;;;;;/h5,9,18H,3-4H2,1-2H3;6*1H4;. The second-order valence-electron chi connectivity index (χ2n) is 3.25. The van der Waals surface area contributed by atoms with Crippen LogP contribution in [-0.2, 0) is 51.5 Å². The van der Waals surface area contributed by atoms with Crippen LogP contribution < -0.4 is 0 Å². The second-order valence-corrected chi connectivity index (χ2v) is 8.38. The molecule has 1 aliphatic rings. The molecule has 25 heavy (non-hydrogen) atoms. The van der Waals surface area contributed by atoms with Crippen LogP contribution in [-0.4, -0.2) is 43.9 Å². The van der Waals surface area contributed by atoms with Gasteiger partial charge in [-0.3, -0.25) is 9.96 Å². The third-order valence-electron chi connectivity index (χ3n) is 1.86. The Balaban J connectivity index is -0.0000000926. The Hall–Kier alpha value is -0.386. The summed E-state index contributed by atoms with van der Waals surface area (Å²) in [4.78, 5) is 33.3. The molecule has 1 aliphatic heterocycles. The van der Waals surface area contributed by atoms with E-state index in [1.165, 1.54) is 14.0 Å². The van der Waals surface area contributed by atoms with Crippen LogP contribution in [0.15, 0.2) is 0 Å². The van der Waals surface area contributed by atoms with E-state index in [0.717, 1.165) is 0 Å². The fraction of sp³-hybridized carbons (Fsp3) is 0.786. The first kappa shape index (κ1) is 44.2. The normalized spacial score (nSPS) is 16.4. The molecule has 1 radical (unpaired) electrons. The van der Waals surface area contributed by atoms with E-state index in [1.54, 1.807) is 0 Å². The number of carbonyl (C=O) groups is 3. The topological polar surface area (TPSA) is 115 Å². The Kier molecular flexibility index (Phi) is 38.3. The minimum atomic E-state index is -1.50. The summed E-state index contributed by atoms with van der Waals surface area (Å²) < 4.78 is 18.5. The largest absolute Gasteiger partial charge is 0.466 e. The summed E-state index contributed by atoms with van der Waals surface area (Å²) in [6.45, 7) is 0.783. The molecule has 0 saturated carbocycles. The summed E-state index contributed by atoms with van der Waals surface area (Å²) in [5.74, 6) is -2.12. The molecule has 1 heterocycles. The van der Waals surface area contributed by atoms with Crippen molar-refractivity contribution in [3.8, 4) is 0 Å². The maximum atomic E-state index is 11.2. The van der Waals surface area contributed by atoms with Gasteiger partial charge in [-0.05, 0) is 6.92 Å². The van der Waals surface area contributed by atoms with Gasteiger partial charge in [-0.25, -0.2) is 9.59 Å². The zero-order valence-electron chi connectivity index (χ0n) is 10.2. The fourth-order valence-corrected chi connectivity index (χ4v) is 4.08. The quantitative estimate of drug-likeness (QED) is 0.274. The molecular weight excluding hydrogens is 407 g/mol. The van der Waals surface area contributed by atoms with Gasteiger partial charge in [0.05, 0.1) is 13.3 Å². The molecule has 0 bridgehead atoms. The van der Waals surface area contributed by atoms with Crippen molar-refractivity contribution in [3.05, 3.63) is 0 Å². The van der Waals surface area contributed by atoms with Crippen LogP contribution in [0.4, 0.5) is 0 Å². The molecule has 0 amide bonds. The van der Waals surface area contributed by atoms with Crippen LogP contribution in [0.5, 0.6) is 0 Å². The van der Waals surface area contributed by atoms with Gasteiger partial charge in [0, 0.05) is 18.6 Å². The van der Waals surface area contributed by atoms with Gasteiger partial charge >= 0.3 is 17.9 Å². The summed E-state index contributed by atoms with van der Waals surface area (Å²) >= 11 is 0. The first-order chi connectivity index (χ1) is 8.43. The van der Waals surface area contributed by atoms with E-state index < -0.39 is 46.1 Å². The summed E-state index contributed by atoms with van der Waals surface area (Å²) in [6, 6.07) is 0. The number of hydrogen-bond acceptors (Lipinski definition) is 8. The number of rotatable bonds is 6. The molecule has 1 fully saturated rings. The first-order valence-electron chi connectivity index (χ1n) is 4.91. The van der Waals surface area contributed by atoms with Gasteiger partial charge in [0.15, 0.2) is 12.7 Å². The molecule has 0 aromatic heterocycles. The van der Waals surface area contributed by atoms with E-state index in [4.69, 9.17) is 9.47 Å². The summed E-state index contributed by atoms with van der Waals surface area (Å²) in [5.41, 5.74) is 0. The van der Waals surface area contributed by atoms with Gasteiger partial charge in [-0.2, -0.15) is 0 Å². The van der Waals surface area contributed by atoms with Crippen molar-refractivity contribution < 1.29 is 51.5 Å². The smallest absolute Gasteiger partial charge is 0.346 e. The van der Waals surface area contributed by atoms with Crippen LogP contribution >= 0.6 is 15.5 Å². The third kappa shape index (κ3) is 18.2. The van der Waals surface area contributed by atoms with Crippen molar-refractivity contribution in [2.24, 2.45) is 0 Å². The number of ether oxygens (including phenoxy) is 3. The Bertz CT molecular complexity index is 397. The van der Waals surface area contributed by atoms with Crippen LogP contribution in [0.3, 0.4) is 0 Å². The van der Waals surface area contributed by atoms with Gasteiger partial charge in [-0.1, -0.05) is 44.6 Å².